The van der Waals surface area contributed by atoms with Gasteiger partial charge in [0, 0.05) is 22.3 Å². The molecule has 4 nitrogen and oxygen atoms in total. The molecule has 7 heteroatoms. The molecular weight excluding hydrogens is 362 g/mol. The third-order valence-electron chi connectivity index (χ3n) is 3.66. The summed E-state index contributed by atoms with van der Waals surface area (Å²) in [5, 5.41) is 6.07. The van der Waals surface area contributed by atoms with Gasteiger partial charge in [0.05, 0.1) is 4.88 Å². The van der Waals surface area contributed by atoms with E-state index < -0.39 is 0 Å². The number of hydrogen-bond acceptors (Lipinski definition) is 5. The Labute approximate surface area is 136 Å². The van der Waals surface area contributed by atoms with Gasteiger partial charge in [0.25, 0.3) is 0 Å². The summed E-state index contributed by atoms with van der Waals surface area (Å²) in [6, 6.07) is 2.28. The van der Waals surface area contributed by atoms with Crippen molar-refractivity contribution < 1.29 is 4.52 Å². The summed E-state index contributed by atoms with van der Waals surface area (Å²) in [5.74, 6) is 1.87. The molecule has 20 heavy (non-hydrogen) atoms. The fraction of sp³-hybridized carbons (Fsp3) is 0.538. The number of halogens is 2. The predicted molar refractivity (Wildman–Crippen MR) is 86.2 cm³/mol. The highest BCUT2D eigenvalue weighted by Crippen LogP contribution is 2.29. The average Bonchev–Trinajstić information content (AvgIpc) is 3.01. The fourth-order valence-corrected chi connectivity index (χ4v) is 3.93. The molecule has 2 aromatic heterocycles. The van der Waals surface area contributed by atoms with Gasteiger partial charge in [-0.25, -0.2) is 0 Å². The smallest absolute Gasteiger partial charge is 0.227 e. The fourth-order valence-electron chi connectivity index (χ4n) is 2.58. The van der Waals surface area contributed by atoms with E-state index in [1.807, 2.05) is 11.4 Å². The Hall–Kier alpha value is -0.430. The van der Waals surface area contributed by atoms with E-state index in [0.717, 1.165) is 22.2 Å². The second-order valence-corrected chi connectivity index (χ2v) is 6.88. The van der Waals surface area contributed by atoms with Crippen LogP contribution in [0.2, 0.25) is 0 Å². The summed E-state index contributed by atoms with van der Waals surface area (Å²) in [6.45, 7) is 0. The van der Waals surface area contributed by atoms with Crippen LogP contribution in [0.4, 0.5) is 0 Å². The van der Waals surface area contributed by atoms with Crippen molar-refractivity contribution in [3.63, 3.8) is 0 Å². The van der Waals surface area contributed by atoms with Crippen LogP contribution in [0.5, 0.6) is 0 Å². The molecule has 1 aliphatic carbocycles. The minimum Gasteiger partial charge on any atom is -0.339 e. The van der Waals surface area contributed by atoms with Gasteiger partial charge in [-0.05, 0) is 40.8 Å². The van der Waals surface area contributed by atoms with E-state index in [9.17, 15) is 0 Å². The minimum absolute atomic E-state index is 0. The molecule has 2 unspecified atom stereocenters. The van der Waals surface area contributed by atoms with E-state index in [1.54, 1.807) is 11.3 Å². The Balaban J connectivity index is 0.00000147. The first-order chi connectivity index (χ1) is 9.22. The van der Waals surface area contributed by atoms with Crippen molar-refractivity contribution >= 4 is 39.7 Å². The SMILES string of the molecule is Cl.NC1CCCCC1Cc1nc(-c2cc(Br)cs2)no1. The first kappa shape index (κ1) is 15.9. The Morgan fingerprint density at radius 1 is 1.40 bits per heavy atom. The van der Waals surface area contributed by atoms with E-state index in [-0.39, 0.29) is 18.4 Å². The van der Waals surface area contributed by atoms with Gasteiger partial charge in [0.15, 0.2) is 0 Å². The zero-order valence-electron chi connectivity index (χ0n) is 10.9. The van der Waals surface area contributed by atoms with Gasteiger partial charge >= 0.3 is 0 Å². The van der Waals surface area contributed by atoms with Crippen LogP contribution in [0.25, 0.3) is 10.7 Å². The Morgan fingerprint density at radius 2 is 2.20 bits per heavy atom. The summed E-state index contributed by atoms with van der Waals surface area (Å²) >= 11 is 5.04. The highest BCUT2D eigenvalue weighted by molar-refractivity contribution is 9.10. The van der Waals surface area contributed by atoms with Crippen molar-refractivity contribution in [3.05, 3.63) is 21.8 Å². The lowest BCUT2D eigenvalue weighted by molar-refractivity contribution is 0.273. The molecule has 2 heterocycles. The van der Waals surface area contributed by atoms with Crippen LogP contribution >= 0.6 is 39.7 Å². The normalized spacial score (nSPS) is 22.5. The summed E-state index contributed by atoms with van der Waals surface area (Å²) in [6.07, 6.45) is 5.60. The van der Waals surface area contributed by atoms with Gasteiger partial charge in [-0.3, -0.25) is 0 Å². The molecule has 3 rings (SSSR count). The Bertz CT molecular complexity index is 559. The number of nitrogens with zero attached hydrogens (tertiary/aromatic N) is 2. The van der Waals surface area contributed by atoms with Gasteiger partial charge < -0.3 is 10.3 Å². The van der Waals surface area contributed by atoms with Gasteiger partial charge in [-0.15, -0.1) is 23.7 Å². The predicted octanol–water partition coefficient (Wildman–Crippen LogP) is 4.04. The van der Waals surface area contributed by atoms with Gasteiger partial charge in [-0.2, -0.15) is 4.98 Å². The molecule has 0 aliphatic heterocycles. The number of hydrogen-bond donors (Lipinski definition) is 1. The Morgan fingerprint density at radius 3 is 2.90 bits per heavy atom. The summed E-state index contributed by atoms with van der Waals surface area (Å²) in [5.41, 5.74) is 6.15. The average molecular weight is 379 g/mol. The molecule has 0 saturated heterocycles. The molecule has 2 N–H and O–H groups in total. The number of aromatic nitrogens is 2. The van der Waals surface area contributed by atoms with E-state index in [0.29, 0.717) is 17.6 Å². The molecule has 2 aromatic rings. The van der Waals surface area contributed by atoms with Crippen molar-refractivity contribution in [3.8, 4) is 10.7 Å². The van der Waals surface area contributed by atoms with Gasteiger partial charge in [0.1, 0.15) is 0 Å². The first-order valence-electron chi connectivity index (χ1n) is 6.55. The zero-order valence-corrected chi connectivity index (χ0v) is 14.1. The quantitative estimate of drug-likeness (QED) is 0.875. The second-order valence-electron chi connectivity index (χ2n) is 5.05. The van der Waals surface area contributed by atoms with Crippen LogP contribution in [0.1, 0.15) is 31.6 Å². The lowest BCUT2D eigenvalue weighted by Crippen LogP contribution is -2.34. The van der Waals surface area contributed by atoms with E-state index in [4.69, 9.17) is 10.3 Å². The minimum atomic E-state index is 0. The van der Waals surface area contributed by atoms with Crippen LogP contribution in [-0.2, 0) is 6.42 Å². The molecule has 110 valence electrons. The third kappa shape index (κ3) is 3.61. The van der Waals surface area contributed by atoms with E-state index in [1.165, 1.54) is 19.3 Å². The molecule has 1 aliphatic rings. The van der Waals surface area contributed by atoms with Crippen LogP contribution in [-0.4, -0.2) is 16.2 Å². The molecule has 0 amide bonds. The number of nitrogens with two attached hydrogens (primary N) is 1. The van der Waals surface area contributed by atoms with Gasteiger partial charge in [0.2, 0.25) is 11.7 Å². The maximum atomic E-state index is 6.15. The largest absolute Gasteiger partial charge is 0.339 e. The van der Waals surface area contributed by atoms with Crippen LogP contribution in [0.15, 0.2) is 20.4 Å². The molecular formula is C13H17BrClN3OS. The first-order valence-corrected chi connectivity index (χ1v) is 8.22. The summed E-state index contributed by atoms with van der Waals surface area (Å²) in [4.78, 5) is 5.50. The third-order valence-corrected chi connectivity index (χ3v) is 5.35. The molecule has 0 bridgehead atoms. The number of rotatable bonds is 3. The summed E-state index contributed by atoms with van der Waals surface area (Å²) in [7, 11) is 0. The standard InChI is InChI=1S/C13H16BrN3OS.ClH/c14-9-6-11(19-7-9)13-16-12(18-17-13)5-8-3-1-2-4-10(8)15;/h6-8,10H,1-5,15H2;1H. The molecule has 0 radical (unpaired) electrons. The lowest BCUT2D eigenvalue weighted by atomic mass is 9.83. The highest BCUT2D eigenvalue weighted by Gasteiger charge is 2.24. The molecule has 0 aromatic carbocycles. The van der Waals surface area contributed by atoms with Crippen molar-refractivity contribution in [2.45, 2.75) is 38.1 Å². The van der Waals surface area contributed by atoms with E-state index in [2.05, 4.69) is 26.1 Å². The second kappa shape index (κ2) is 7.02. The number of thiophene rings is 1. The molecule has 0 spiro atoms. The van der Waals surface area contributed by atoms with Crippen LogP contribution < -0.4 is 5.73 Å². The van der Waals surface area contributed by atoms with E-state index >= 15 is 0 Å². The molecule has 2 atom stereocenters. The van der Waals surface area contributed by atoms with Crippen LogP contribution in [0.3, 0.4) is 0 Å². The zero-order chi connectivity index (χ0) is 13.2. The van der Waals surface area contributed by atoms with Crippen molar-refractivity contribution in [2.75, 3.05) is 0 Å². The maximum absolute atomic E-state index is 6.15. The Kier molecular flexibility index (Phi) is 5.60. The molecule has 1 saturated carbocycles. The van der Waals surface area contributed by atoms with Gasteiger partial charge in [-0.1, -0.05) is 18.0 Å². The maximum Gasteiger partial charge on any atom is 0.227 e. The topological polar surface area (TPSA) is 64.9 Å². The summed E-state index contributed by atoms with van der Waals surface area (Å²) < 4.78 is 6.40. The highest BCUT2D eigenvalue weighted by atomic mass is 79.9. The van der Waals surface area contributed by atoms with Crippen LogP contribution in [0, 0.1) is 5.92 Å². The van der Waals surface area contributed by atoms with Crippen molar-refractivity contribution in [2.24, 2.45) is 11.7 Å². The van der Waals surface area contributed by atoms with Crippen molar-refractivity contribution in [1.82, 2.24) is 10.1 Å². The monoisotopic (exact) mass is 377 g/mol. The lowest BCUT2D eigenvalue weighted by Gasteiger charge is -2.27. The van der Waals surface area contributed by atoms with Crippen molar-refractivity contribution in [1.29, 1.82) is 0 Å². The molecule has 1 fully saturated rings.